The first-order valence-electron chi connectivity index (χ1n) is 22.0. The lowest BCUT2D eigenvalue weighted by molar-refractivity contribution is 0.596. The molecule has 1 aliphatic rings. The van der Waals surface area contributed by atoms with E-state index in [-0.39, 0.29) is 11.8 Å². The van der Waals surface area contributed by atoms with Crippen LogP contribution in [-0.4, -0.2) is 0 Å². The number of fused-ring (bicyclic) bond motifs is 6. The van der Waals surface area contributed by atoms with Crippen LogP contribution in [0.1, 0.15) is 68.4 Å². The van der Waals surface area contributed by atoms with Gasteiger partial charge in [-0.3, -0.25) is 0 Å². The number of hydrogen-bond acceptors (Lipinski definition) is 4. The largest absolute Gasteiger partial charge is 0.454 e. The minimum Gasteiger partial charge on any atom is -0.454 e. The number of para-hydroxylation sites is 5. The van der Waals surface area contributed by atoms with Crippen LogP contribution < -0.4 is 9.80 Å². The van der Waals surface area contributed by atoms with Gasteiger partial charge >= 0.3 is 0 Å². The van der Waals surface area contributed by atoms with Crippen molar-refractivity contribution in [2.45, 2.75) is 52.4 Å². The van der Waals surface area contributed by atoms with E-state index in [9.17, 15) is 0 Å². The van der Waals surface area contributed by atoms with Crippen molar-refractivity contribution < 1.29 is 8.83 Å². The van der Waals surface area contributed by atoms with Crippen molar-refractivity contribution in [1.29, 1.82) is 0 Å². The lowest BCUT2D eigenvalue weighted by atomic mass is 9.84. The fourth-order valence-electron chi connectivity index (χ4n) is 10.4. The van der Waals surface area contributed by atoms with E-state index in [0.717, 1.165) is 80.2 Å². The van der Waals surface area contributed by atoms with Crippen molar-refractivity contribution in [3.05, 3.63) is 186 Å². The highest BCUT2D eigenvalue weighted by molar-refractivity contribution is 6.30. The molecule has 300 valence electrons. The van der Waals surface area contributed by atoms with Gasteiger partial charge in [0.05, 0.1) is 22.7 Å². The smallest absolute Gasteiger partial charge is 0.159 e. The molecular weight excluding hydrogens is 757 g/mol. The van der Waals surface area contributed by atoms with Crippen molar-refractivity contribution in [1.82, 2.24) is 0 Å². The molecule has 0 saturated heterocycles. The normalized spacial score (nSPS) is 12.9. The minimum absolute atomic E-state index is 0.263. The first kappa shape index (κ1) is 36.5. The summed E-state index contributed by atoms with van der Waals surface area (Å²) >= 11 is 0. The predicted molar refractivity (Wildman–Crippen MR) is 262 cm³/mol. The molecule has 2 aromatic heterocycles. The number of anilines is 6. The number of furan rings is 2. The van der Waals surface area contributed by atoms with Crippen LogP contribution in [0.2, 0.25) is 0 Å². The number of aryl methyl sites for hydroxylation is 1. The van der Waals surface area contributed by atoms with Gasteiger partial charge in [-0.1, -0.05) is 137 Å². The van der Waals surface area contributed by atoms with Gasteiger partial charge < -0.3 is 18.6 Å². The topological polar surface area (TPSA) is 32.8 Å². The zero-order valence-electron chi connectivity index (χ0n) is 35.4. The molecule has 0 atom stereocenters. The zero-order chi connectivity index (χ0) is 41.6. The summed E-state index contributed by atoms with van der Waals surface area (Å²) in [6.45, 7) is 9.30. The highest BCUT2D eigenvalue weighted by atomic mass is 16.3. The average Bonchev–Trinajstić information content (AvgIpc) is 3.89. The van der Waals surface area contributed by atoms with Crippen molar-refractivity contribution in [2.75, 3.05) is 9.80 Å². The summed E-state index contributed by atoms with van der Waals surface area (Å²) in [7, 11) is 0. The van der Waals surface area contributed by atoms with E-state index < -0.39 is 0 Å². The van der Waals surface area contributed by atoms with Crippen LogP contribution in [-0.2, 0) is 6.42 Å². The van der Waals surface area contributed by atoms with E-state index in [0.29, 0.717) is 0 Å². The van der Waals surface area contributed by atoms with Crippen LogP contribution in [0, 0.1) is 0 Å². The Morgan fingerprint density at radius 1 is 0.435 bits per heavy atom. The highest BCUT2D eigenvalue weighted by Crippen LogP contribution is 2.53. The molecular formula is C58H46N2O2. The molecule has 0 fully saturated rings. The summed E-state index contributed by atoms with van der Waals surface area (Å²) in [6, 6.07) is 57.6. The molecule has 0 spiro atoms. The number of allylic oxidation sites excluding steroid dienone is 1. The molecule has 0 unspecified atom stereocenters. The molecule has 0 N–H and O–H groups in total. The second-order valence-corrected chi connectivity index (χ2v) is 17.5. The Morgan fingerprint density at radius 2 is 0.935 bits per heavy atom. The maximum Gasteiger partial charge on any atom is 0.159 e. The van der Waals surface area contributed by atoms with E-state index in [1.165, 1.54) is 54.4 Å². The predicted octanol–water partition coefficient (Wildman–Crippen LogP) is 17.4. The highest BCUT2D eigenvalue weighted by Gasteiger charge is 2.29. The third kappa shape index (κ3) is 5.45. The van der Waals surface area contributed by atoms with Crippen LogP contribution in [0.5, 0.6) is 0 Å². The molecule has 0 amide bonds. The Labute approximate surface area is 361 Å². The Kier molecular flexibility index (Phi) is 8.33. The fraction of sp³-hybridized carbons (Fsp3) is 0.138. The third-order valence-electron chi connectivity index (χ3n) is 13.2. The summed E-state index contributed by atoms with van der Waals surface area (Å²) in [6.07, 6.45) is 6.39. The van der Waals surface area contributed by atoms with Gasteiger partial charge in [0.15, 0.2) is 11.2 Å². The zero-order valence-corrected chi connectivity index (χ0v) is 35.4. The molecule has 0 bridgehead atoms. The first-order valence-corrected chi connectivity index (χ1v) is 22.0. The Bertz CT molecular complexity index is 3540. The van der Waals surface area contributed by atoms with Gasteiger partial charge in [0.2, 0.25) is 0 Å². The monoisotopic (exact) mass is 802 g/mol. The molecule has 4 heteroatoms. The Morgan fingerprint density at radius 3 is 1.52 bits per heavy atom. The fourth-order valence-corrected chi connectivity index (χ4v) is 10.4. The van der Waals surface area contributed by atoms with Crippen molar-refractivity contribution in [2.24, 2.45) is 0 Å². The Hall–Kier alpha value is -7.30. The van der Waals surface area contributed by atoms with Gasteiger partial charge in [-0.25, -0.2) is 0 Å². The molecule has 11 aromatic rings. The average molecular weight is 803 g/mol. The molecule has 0 saturated carbocycles. The van der Waals surface area contributed by atoms with Crippen LogP contribution >= 0.6 is 0 Å². The van der Waals surface area contributed by atoms with Gasteiger partial charge in [0.25, 0.3) is 0 Å². The van der Waals surface area contributed by atoms with E-state index in [1.807, 2.05) is 6.07 Å². The summed E-state index contributed by atoms with van der Waals surface area (Å²) in [4.78, 5) is 4.87. The molecule has 9 aromatic carbocycles. The molecule has 2 heterocycles. The summed E-state index contributed by atoms with van der Waals surface area (Å²) in [5.41, 5.74) is 13.1. The van der Waals surface area contributed by atoms with Crippen molar-refractivity contribution in [3.8, 4) is 0 Å². The third-order valence-corrected chi connectivity index (χ3v) is 13.2. The van der Waals surface area contributed by atoms with E-state index >= 15 is 0 Å². The molecule has 12 rings (SSSR count). The minimum atomic E-state index is 0.263. The van der Waals surface area contributed by atoms with Gasteiger partial charge in [-0.05, 0) is 118 Å². The first-order chi connectivity index (χ1) is 30.4. The molecule has 1 aliphatic carbocycles. The summed E-state index contributed by atoms with van der Waals surface area (Å²) < 4.78 is 13.6. The number of benzene rings is 9. The number of rotatable bonds is 8. The van der Waals surface area contributed by atoms with E-state index in [1.54, 1.807) is 0 Å². The quantitative estimate of drug-likeness (QED) is 0.143. The SMILES string of the molecule is CC(C)c1cc(N(c2ccccc2)c2cccc3c4c(oc23)C=CCC4)c2ccc3c(C(C)C)cc(N(c4ccccc4)c4cccc5c4oc4ccccc45)c4ccc1c2c34. The van der Waals surface area contributed by atoms with E-state index in [4.69, 9.17) is 8.83 Å². The number of hydrogen-bond donors (Lipinski definition) is 0. The van der Waals surface area contributed by atoms with Crippen molar-refractivity contribution >= 4 is 105 Å². The molecule has 0 radical (unpaired) electrons. The van der Waals surface area contributed by atoms with E-state index in [2.05, 4.69) is 201 Å². The van der Waals surface area contributed by atoms with Crippen LogP contribution in [0.25, 0.3) is 71.3 Å². The molecule has 4 nitrogen and oxygen atoms in total. The summed E-state index contributed by atoms with van der Waals surface area (Å²) in [5.74, 6) is 1.50. The van der Waals surface area contributed by atoms with Crippen LogP contribution in [0.4, 0.5) is 34.1 Å². The van der Waals surface area contributed by atoms with Gasteiger partial charge in [0, 0.05) is 43.9 Å². The summed E-state index contributed by atoms with van der Waals surface area (Å²) in [5, 5.41) is 11.0. The van der Waals surface area contributed by atoms with Gasteiger partial charge in [-0.15, -0.1) is 0 Å². The van der Waals surface area contributed by atoms with Crippen LogP contribution in [0.3, 0.4) is 0 Å². The lowest BCUT2D eigenvalue weighted by Gasteiger charge is -2.31. The molecule has 62 heavy (non-hydrogen) atoms. The second kappa shape index (κ2) is 14.1. The molecule has 0 aliphatic heterocycles. The maximum absolute atomic E-state index is 6.82. The van der Waals surface area contributed by atoms with Crippen LogP contribution in [0.15, 0.2) is 173 Å². The Balaban J connectivity index is 1.20. The van der Waals surface area contributed by atoms with Crippen molar-refractivity contribution in [3.63, 3.8) is 0 Å². The van der Waals surface area contributed by atoms with Gasteiger partial charge in [-0.2, -0.15) is 0 Å². The maximum atomic E-state index is 6.82. The second-order valence-electron chi connectivity index (χ2n) is 17.5. The standard InChI is InChI=1S/C58H46N2O2/c1-35(2)47-33-51(59(37-17-7-5-8-18-37)49-25-15-23-43-39-21-11-13-27-53(39)61-57(43)49)45-32-30-42-48(36(3)4)34-52(46-31-29-41(47)55(45)56(42)46)60(38-19-9-6-10-20-38)50-26-16-24-44-40-22-12-14-28-54(40)62-58(44)50/h5-11,13-21,23-36H,12,22H2,1-4H3. The van der Waals surface area contributed by atoms with Gasteiger partial charge in [0.1, 0.15) is 11.3 Å². The lowest BCUT2D eigenvalue weighted by Crippen LogP contribution is -2.13. The number of nitrogens with zero attached hydrogens (tertiary/aromatic N) is 2.